The Kier molecular flexibility index (Phi) is 7.53. The van der Waals surface area contributed by atoms with E-state index in [1.54, 1.807) is 0 Å². The lowest BCUT2D eigenvalue weighted by atomic mass is 9.67. The van der Waals surface area contributed by atoms with Crippen molar-refractivity contribution in [2.45, 2.75) is 5.41 Å². The predicted octanol–water partition coefficient (Wildman–Crippen LogP) is 15.1. The minimum absolute atomic E-state index is 0.246. The third-order valence-corrected chi connectivity index (χ3v) is 13.5. The SMILES string of the molecule is Fc1ccc(-n2c3ccccc3c3cc(N(c4ccc5c(c4)C(c4ccccc4)(c4ccccc4)c4ccccc4-5)c4cccc5c4sc4ccccc45)ccc32)cc1. The van der Waals surface area contributed by atoms with Crippen molar-refractivity contribution in [2.24, 2.45) is 0 Å². The second kappa shape index (κ2) is 13.1. The van der Waals surface area contributed by atoms with Crippen LogP contribution in [0.1, 0.15) is 22.3 Å². The zero-order valence-electron chi connectivity index (χ0n) is 31.9. The maximum absolute atomic E-state index is 14.2. The van der Waals surface area contributed by atoms with Gasteiger partial charge in [-0.2, -0.15) is 0 Å². The summed E-state index contributed by atoms with van der Waals surface area (Å²) in [5.41, 5.74) is 13.3. The smallest absolute Gasteiger partial charge is 0.123 e. The van der Waals surface area contributed by atoms with Crippen LogP contribution in [0.4, 0.5) is 21.5 Å². The monoisotopic (exact) mass is 774 g/mol. The Balaban J connectivity index is 1.16. The van der Waals surface area contributed by atoms with E-state index in [2.05, 4.69) is 198 Å². The average Bonchev–Trinajstić information content (AvgIpc) is 3.94. The minimum Gasteiger partial charge on any atom is -0.309 e. The second-order valence-corrected chi connectivity index (χ2v) is 16.4. The molecule has 0 radical (unpaired) electrons. The predicted molar refractivity (Wildman–Crippen MR) is 246 cm³/mol. The van der Waals surface area contributed by atoms with Crippen molar-refractivity contribution in [3.63, 3.8) is 0 Å². The summed E-state index contributed by atoms with van der Waals surface area (Å²) in [7, 11) is 0. The highest BCUT2D eigenvalue weighted by Crippen LogP contribution is 2.57. The van der Waals surface area contributed by atoms with Crippen molar-refractivity contribution in [3.05, 3.63) is 240 Å². The van der Waals surface area contributed by atoms with Gasteiger partial charge in [0.05, 0.1) is 26.8 Å². The van der Waals surface area contributed by atoms with E-state index >= 15 is 0 Å². The third kappa shape index (κ3) is 4.97. The van der Waals surface area contributed by atoms with Gasteiger partial charge < -0.3 is 9.47 Å². The molecule has 0 amide bonds. The first-order valence-electron chi connectivity index (χ1n) is 20.0. The highest BCUT2D eigenvalue weighted by molar-refractivity contribution is 7.26. The first kappa shape index (κ1) is 33.8. The van der Waals surface area contributed by atoms with Crippen LogP contribution in [0.3, 0.4) is 0 Å². The lowest BCUT2D eigenvalue weighted by Gasteiger charge is -2.35. The molecule has 11 aromatic rings. The first-order valence-corrected chi connectivity index (χ1v) is 20.9. The zero-order chi connectivity index (χ0) is 39.1. The van der Waals surface area contributed by atoms with E-state index in [1.165, 1.54) is 65.7 Å². The van der Waals surface area contributed by atoms with Crippen LogP contribution in [0, 0.1) is 5.82 Å². The molecule has 59 heavy (non-hydrogen) atoms. The van der Waals surface area contributed by atoms with Crippen LogP contribution < -0.4 is 4.90 Å². The lowest BCUT2D eigenvalue weighted by Crippen LogP contribution is -2.28. The summed E-state index contributed by atoms with van der Waals surface area (Å²) in [6.45, 7) is 0. The van der Waals surface area contributed by atoms with Crippen LogP contribution in [0.25, 0.3) is 58.8 Å². The summed E-state index contributed by atoms with van der Waals surface area (Å²) in [6.07, 6.45) is 0. The van der Waals surface area contributed by atoms with E-state index in [9.17, 15) is 4.39 Å². The van der Waals surface area contributed by atoms with Gasteiger partial charge in [-0.1, -0.05) is 140 Å². The molecule has 2 heterocycles. The normalized spacial score (nSPS) is 13.0. The minimum atomic E-state index is -0.535. The number of hydrogen-bond acceptors (Lipinski definition) is 2. The highest BCUT2D eigenvalue weighted by Gasteiger charge is 2.46. The van der Waals surface area contributed by atoms with Gasteiger partial charge in [-0.25, -0.2) is 4.39 Å². The molecule has 1 aliphatic carbocycles. The molecule has 4 heteroatoms. The lowest BCUT2D eigenvalue weighted by molar-refractivity contribution is 0.627. The van der Waals surface area contributed by atoms with Crippen molar-refractivity contribution < 1.29 is 4.39 Å². The van der Waals surface area contributed by atoms with Gasteiger partial charge in [0, 0.05) is 43.3 Å². The number of aromatic nitrogens is 1. The van der Waals surface area contributed by atoms with Crippen LogP contribution in [0.5, 0.6) is 0 Å². The largest absolute Gasteiger partial charge is 0.309 e. The Morgan fingerprint density at radius 2 is 1.05 bits per heavy atom. The molecule has 2 aromatic heterocycles. The molecule has 0 bridgehead atoms. The molecule has 0 fully saturated rings. The first-order chi connectivity index (χ1) is 29.2. The number of hydrogen-bond donors (Lipinski definition) is 0. The Morgan fingerprint density at radius 1 is 0.441 bits per heavy atom. The van der Waals surface area contributed by atoms with Crippen molar-refractivity contribution in [2.75, 3.05) is 4.90 Å². The number of halogens is 1. The summed E-state index contributed by atoms with van der Waals surface area (Å²) in [5, 5.41) is 4.79. The maximum atomic E-state index is 14.2. The van der Waals surface area contributed by atoms with E-state index in [-0.39, 0.29) is 5.82 Å². The van der Waals surface area contributed by atoms with E-state index in [0.29, 0.717) is 0 Å². The van der Waals surface area contributed by atoms with Gasteiger partial charge in [0.1, 0.15) is 5.82 Å². The standard InChI is InChI=1S/C55H35FN2S/c56-38-26-28-39(29-27-38)58-50-23-11-8-19-44(50)47-34-40(31-33-51(47)58)57(52-24-13-21-46-45-20-9-12-25-53(45)59-54(46)52)41-30-32-43-42-18-7-10-22-48(42)55(49(43)35-41,36-14-3-1-4-15-36)37-16-5-2-6-17-37/h1-35H. The molecule has 0 aliphatic heterocycles. The number of thiophene rings is 1. The van der Waals surface area contributed by atoms with Gasteiger partial charge >= 0.3 is 0 Å². The summed E-state index contributed by atoms with van der Waals surface area (Å²) < 4.78 is 18.9. The Morgan fingerprint density at radius 3 is 1.85 bits per heavy atom. The molecule has 1 aliphatic rings. The molecule has 278 valence electrons. The molecular weight excluding hydrogens is 740 g/mol. The van der Waals surface area contributed by atoms with Crippen molar-refractivity contribution in [1.82, 2.24) is 4.57 Å². The number of anilines is 3. The summed E-state index contributed by atoms with van der Waals surface area (Å²) in [5.74, 6) is -0.246. The summed E-state index contributed by atoms with van der Waals surface area (Å²) >= 11 is 1.85. The number of fused-ring (bicyclic) bond motifs is 9. The molecule has 2 nitrogen and oxygen atoms in total. The van der Waals surface area contributed by atoms with Gasteiger partial charge in [-0.3, -0.25) is 0 Å². The Hall–Kier alpha value is -7.27. The van der Waals surface area contributed by atoms with Gasteiger partial charge in [-0.15, -0.1) is 11.3 Å². The number of nitrogens with zero attached hydrogens (tertiary/aromatic N) is 2. The van der Waals surface area contributed by atoms with E-state index in [1.807, 2.05) is 23.5 Å². The van der Waals surface area contributed by atoms with Crippen LogP contribution >= 0.6 is 11.3 Å². The molecule has 0 N–H and O–H groups in total. The Bertz CT molecular complexity index is 3360. The van der Waals surface area contributed by atoms with E-state index in [0.717, 1.165) is 44.6 Å². The fourth-order valence-corrected chi connectivity index (χ4v) is 11.1. The van der Waals surface area contributed by atoms with Gasteiger partial charge in [0.25, 0.3) is 0 Å². The third-order valence-electron chi connectivity index (χ3n) is 12.3. The zero-order valence-corrected chi connectivity index (χ0v) is 32.7. The highest BCUT2D eigenvalue weighted by atomic mass is 32.1. The van der Waals surface area contributed by atoms with Crippen molar-refractivity contribution >= 4 is 70.4 Å². The van der Waals surface area contributed by atoms with Gasteiger partial charge in [0.2, 0.25) is 0 Å². The van der Waals surface area contributed by atoms with Crippen LogP contribution in [-0.4, -0.2) is 4.57 Å². The fraction of sp³-hybridized carbons (Fsp3) is 0.0182. The molecule has 0 saturated carbocycles. The molecule has 0 spiro atoms. The Labute approximate surface area is 345 Å². The molecule has 0 atom stereocenters. The van der Waals surface area contributed by atoms with Crippen LogP contribution in [0.2, 0.25) is 0 Å². The van der Waals surface area contributed by atoms with E-state index in [4.69, 9.17) is 0 Å². The van der Waals surface area contributed by atoms with Gasteiger partial charge in [0.15, 0.2) is 0 Å². The summed E-state index contributed by atoms with van der Waals surface area (Å²) in [4.78, 5) is 2.46. The fourth-order valence-electron chi connectivity index (χ4n) is 9.88. The molecule has 12 rings (SSSR count). The van der Waals surface area contributed by atoms with E-state index < -0.39 is 5.41 Å². The van der Waals surface area contributed by atoms with Crippen molar-refractivity contribution in [1.29, 1.82) is 0 Å². The molecule has 0 unspecified atom stereocenters. The summed E-state index contributed by atoms with van der Waals surface area (Å²) in [6, 6.07) is 75.6. The average molecular weight is 775 g/mol. The molecular formula is C55H35FN2S. The molecule has 9 aromatic carbocycles. The van der Waals surface area contributed by atoms with Crippen molar-refractivity contribution in [3.8, 4) is 16.8 Å². The number of para-hydroxylation sites is 1. The topological polar surface area (TPSA) is 8.17 Å². The molecule has 0 saturated heterocycles. The second-order valence-electron chi connectivity index (χ2n) is 15.4. The number of rotatable bonds is 6. The quantitative estimate of drug-likeness (QED) is 0.163. The van der Waals surface area contributed by atoms with Gasteiger partial charge in [-0.05, 0) is 106 Å². The van der Waals surface area contributed by atoms with Crippen LogP contribution in [-0.2, 0) is 5.41 Å². The van der Waals surface area contributed by atoms with Crippen LogP contribution in [0.15, 0.2) is 212 Å². The number of benzene rings is 9. The maximum Gasteiger partial charge on any atom is 0.123 e.